The monoisotopic (exact) mass is 279 g/mol. The maximum absolute atomic E-state index is 5.92. The van der Waals surface area contributed by atoms with Gasteiger partial charge in [-0.05, 0) is 49.4 Å². The molecule has 0 atom stereocenters. The molecule has 0 aliphatic carbocycles. The van der Waals surface area contributed by atoms with Gasteiger partial charge in [-0.3, -0.25) is 0 Å². The van der Waals surface area contributed by atoms with Crippen LogP contribution in [0, 0.1) is 13.8 Å². The van der Waals surface area contributed by atoms with Crippen LogP contribution in [0.3, 0.4) is 0 Å². The van der Waals surface area contributed by atoms with E-state index in [1.165, 1.54) is 74.5 Å². The van der Waals surface area contributed by atoms with E-state index in [-0.39, 0.29) is 5.48 Å². The molecule has 0 aliphatic heterocycles. The Morgan fingerprint density at radius 1 is 0.800 bits per heavy atom. The Hall–Kier alpha value is -1.02. The standard InChI is InChI=1S/C18H31N.H2O/c1-4-5-6-7-8-9-10-11-12-17-13-14-18(19)16(3)15(17)2;/h13-14H,4-12,19H2,1-3H3;1H2. The number of hydrogen-bond acceptors (Lipinski definition) is 1. The minimum atomic E-state index is 0. The van der Waals surface area contributed by atoms with E-state index in [1.54, 1.807) is 0 Å². The van der Waals surface area contributed by atoms with Crippen molar-refractivity contribution < 1.29 is 5.48 Å². The average molecular weight is 279 g/mol. The van der Waals surface area contributed by atoms with Gasteiger partial charge in [0.15, 0.2) is 0 Å². The highest BCUT2D eigenvalue weighted by molar-refractivity contribution is 5.52. The van der Waals surface area contributed by atoms with Crippen molar-refractivity contribution in [2.24, 2.45) is 0 Å². The second kappa shape index (κ2) is 10.7. The van der Waals surface area contributed by atoms with Crippen LogP contribution >= 0.6 is 0 Å². The quantitative estimate of drug-likeness (QED) is 0.515. The first-order chi connectivity index (χ1) is 9.16. The summed E-state index contributed by atoms with van der Waals surface area (Å²) in [5.74, 6) is 0. The summed E-state index contributed by atoms with van der Waals surface area (Å²) in [6.07, 6.45) is 12.3. The molecule has 20 heavy (non-hydrogen) atoms. The van der Waals surface area contributed by atoms with Gasteiger partial charge in [0.2, 0.25) is 0 Å². The van der Waals surface area contributed by atoms with E-state index in [9.17, 15) is 0 Å². The van der Waals surface area contributed by atoms with Crippen LogP contribution in [0.15, 0.2) is 12.1 Å². The van der Waals surface area contributed by atoms with E-state index in [1.807, 2.05) is 0 Å². The first kappa shape index (κ1) is 19.0. The van der Waals surface area contributed by atoms with Crippen molar-refractivity contribution >= 4 is 5.69 Å². The molecule has 0 spiro atoms. The summed E-state index contributed by atoms with van der Waals surface area (Å²) in [6.45, 7) is 6.60. The van der Waals surface area contributed by atoms with Crippen LogP contribution < -0.4 is 5.73 Å². The third-order valence-corrected chi connectivity index (χ3v) is 4.24. The molecule has 1 aromatic rings. The van der Waals surface area contributed by atoms with Crippen LogP contribution in [-0.2, 0) is 6.42 Å². The van der Waals surface area contributed by atoms with Crippen LogP contribution in [0.1, 0.15) is 75.0 Å². The van der Waals surface area contributed by atoms with Crippen LogP contribution in [0.4, 0.5) is 5.69 Å². The minimum Gasteiger partial charge on any atom is -0.412 e. The zero-order valence-electron chi connectivity index (χ0n) is 13.6. The number of unbranched alkanes of at least 4 members (excludes halogenated alkanes) is 7. The summed E-state index contributed by atoms with van der Waals surface area (Å²) >= 11 is 0. The van der Waals surface area contributed by atoms with Crippen LogP contribution in [-0.4, -0.2) is 5.48 Å². The third kappa shape index (κ3) is 6.42. The number of benzene rings is 1. The lowest BCUT2D eigenvalue weighted by Crippen LogP contribution is -1.97. The van der Waals surface area contributed by atoms with E-state index in [0.29, 0.717) is 0 Å². The fourth-order valence-corrected chi connectivity index (χ4v) is 2.62. The molecule has 2 heteroatoms. The highest BCUT2D eigenvalue weighted by Crippen LogP contribution is 2.21. The molecule has 0 amide bonds. The number of nitrogen functional groups attached to an aromatic ring is 1. The lowest BCUT2D eigenvalue weighted by Gasteiger charge is -2.10. The molecule has 0 aliphatic rings. The SMILES string of the molecule is CCCCCCCCCCc1ccc(N)c(C)c1C.O. The first-order valence-electron chi connectivity index (χ1n) is 8.01. The largest absolute Gasteiger partial charge is 0.412 e. The normalized spacial score (nSPS) is 10.3. The van der Waals surface area contributed by atoms with Crippen molar-refractivity contribution in [2.45, 2.75) is 78.6 Å². The maximum atomic E-state index is 5.92. The average Bonchev–Trinajstić information content (AvgIpc) is 2.41. The molecule has 0 aromatic heterocycles. The zero-order valence-corrected chi connectivity index (χ0v) is 13.6. The molecule has 1 aromatic carbocycles. The predicted octanol–water partition coefficient (Wildman–Crippen LogP) is 4.74. The molecule has 0 saturated heterocycles. The Morgan fingerprint density at radius 2 is 1.35 bits per heavy atom. The van der Waals surface area contributed by atoms with Gasteiger partial charge in [0.25, 0.3) is 0 Å². The van der Waals surface area contributed by atoms with Crippen molar-refractivity contribution in [2.75, 3.05) is 5.73 Å². The predicted molar refractivity (Wildman–Crippen MR) is 90.3 cm³/mol. The van der Waals surface area contributed by atoms with Gasteiger partial charge >= 0.3 is 0 Å². The summed E-state index contributed by atoms with van der Waals surface area (Å²) in [4.78, 5) is 0. The summed E-state index contributed by atoms with van der Waals surface area (Å²) < 4.78 is 0. The van der Waals surface area contributed by atoms with Gasteiger partial charge < -0.3 is 11.2 Å². The molecule has 0 bridgehead atoms. The van der Waals surface area contributed by atoms with Crippen molar-refractivity contribution in [1.82, 2.24) is 0 Å². The van der Waals surface area contributed by atoms with Gasteiger partial charge in [-0.25, -0.2) is 0 Å². The zero-order chi connectivity index (χ0) is 14.1. The van der Waals surface area contributed by atoms with Gasteiger partial charge in [0.05, 0.1) is 0 Å². The lowest BCUT2D eigenvalue weighted by atomic mass is 9.97. The van der Waals surface area contributed by atoms with Crippen molar-refractivity contribution in [1.29, 1.82) is 0 Å². The Bertz CT molecular complexity index is 374. The van der Waals surface area contributed by atoms with Crippen molar-refractivity contribution in [3.05, 3.63) is 28.8 Å². The van der Waals surface area contributed by atoms with Gasteiger partial charge in [-0.15, -0.1) is 0 Å². The van der Waals surface area contributed by atoms with Gasteiger partial charge in [-0.1, -0.05) is 57.9 Å². The van der Waals surface area contributed by atoms with E-state index < -0.39 is 0 Å². The lowest BCUT2D eigenvalue weighted by molar-refractivity contribution is 0.575. The molecule has 0 saturated carbocycles. The topological polar surface area (TPSA) is 57.5 Å². The van der Waals surface area contributed by atoms with Crippen LogP contribution in [0.2, 0.25) is 0 Å². The minimum absolute atomic E-state index is 0. The molecular formula is C18H33NO. The highest BCUT2D eigenvalue weighted by Gasteiger charge is 2.03. The highest BCUT2D eigenvalue weighted by atomic mass is 16.0. The fraction of sp³-hybridized carbons (Fsp3) is 0.667. The number of nitrogens with two attached hydrogens (primary N) is 1. The van der Waals surface area contributed by atoms with E-state index in [4.69, 9.17) is 5.73 Å². The van der Waals surface area contributed by atoms with Crippen LogP contribution in [0.25, 0.3) is 0 Å². The van der Waals surface area contributed by atoms with Gasteiger partial charge in [0, 0.05) is 5.69 Å². The summed E-state index contributed by atoms with van der Waals surface area (Å²) in [5, 5.41) is 0. The van der Waals surface area contributed by atoms with E-state index in [0.717, 1.165) is 5.69 Å². The first-order valence-corrected chi connectivity index (χ1v) is 8.01. The summed E-state index contributed by atoms with van der Waals surface area (Å²) in [5.41, 5.74) is 11.0. The van der Waals surface area contributed by atoms with Crippen molar-refractivity contribution in [3.63, 3.8) is 0 Å². The molecule has 0 unspecified atom stereocenters. The Labute approximate surface area is 125 Å². The second-order valence-electron chi connectivity index (χ2n) is 5.79. The van der Waals surface area contributed by atoms with Crippen LogP contribution in [0.5, 0.6) is 0 Å². The van der Waals surface area contributed by atoms with Crippen molar-refractivity contribution in [3.8, 4) is 0 Å². The maximum Gasteiger partial charge on any atom is 0.0346 e. The van der Waals surface area contributed by atoms with Gasteiger partial charge in [0.1, 0.15) is 0 Å². The molecule has 2 nitrogen and oxygen atoms in total. The molecule has 0 heterocycles. The number of anilines is 1. The van der Waals surface area contributed by atoms with Gasteiger partial charge in [-0.2, -0.15) is 0 Å². The Morgan fingerprint density at radius 3 is 1.95 bits per heavy atom. The molecule has 1 rings (SSSR count). The molecule has 4 N–H and O–H groups in total. The third-order valence-electron chi connectivity index (χ3n) is 4.24. The van der Waals surface area contributed by atoms with E-state index in [2.05, 4.69) is 32.9 Å². The fourth-order valence-electron chi connectivity index (χ4n) is 2.62. The Balaban J connectivity index is 0.00000361. The Kier molecular flexibility index (Phi) is 10.2. The number of rotatable bonds is 9. The molecule has 0 radical (unpaired) electrons. The number of aryl methyl sites for hydroxylation is 1. The molecule has 0 fully saturated rings. The smallest absolute Gasteiger partial charge is 0.0346 e. The molecule has 116 valence electrons. The summed E-state index contributed by atoms with van der Waals surface area (Å²) in [6, 6.07) is 4.27. The second-order valence-corrected chi connectivity index (χ2v) is 5.79. The number of hydrogen-bond donors (Lipinski definition) is 1. The molecular weight excluding hydrogens is 246 g/mol. The summed E-state index contributed by atoms with van der Waals surface area (Å²) in [7, 11) is 0. The van der Waals surface area contributed by atoms with E-state index >= 15 is 0 Å².